The number of allylic oxidation sites excluding steroid dienone is 1. The molecule has 0 fully saturated rings. The SMILES string of the molecule is N#CC(=Cc1cc2ccccc2nc1Cl)c1nc(-c2ccccc2)cs1. The fourth-order valence-corrected chi connectivity index (χ4v) is 3.64. The number of halogens is 1. The largest absolute Gasteiger partial charge is 0.235 e. The van der Waals surface area contributed by atoms with Crippen LogP contribution in [0.4, 0.5) is 0 Å². The first-order valence-corrected chi connectivity index (χ1v) is 9.19. The minimum atomic E-state index is 0.372. The zero-order valence-electron chi connectivity index (χ0n) is 13.6. The number of rotatable bonds is 3. The van der Waals surface area contributed by atoms with E-state index in [0.717, 1.165) is 22.2 Å². The smallest absolute Gasteiger partial charge is 0.137 e. The van der Waals surface area contributed by atoms with Crippen molar-refractivity contribution in [2.24, 2.45) is 0 Å². The summed E-state index contributed by atoms with van der Waals surface area (Å²) in [5.74, 6) is 0. The molecule has 0 saturated carbocycles. The molecule has 0 aliphatic carbocycles. The van der Waals surface area contributed by atoms with Gasteiger partial charge in [0.05, 0.1) is 16.8 Å². The van der Waals surface area contributed by atoms with Crippen molar-refractivity contribution in [2.75, 3.05) is 0 Å². The molecule has 0 atom stereocenters. The minimum absolute atomic E-state index is 0.372. The van der Waals surface area contributed by atoms with E-state index in [1.807, 2.05) is 66.0 Å². The van der Waals surface area contributed by atoms with Gasteiger partial charge in [-0.2, -0.15) is 5.26 Å². The Bertz CT molecular complexity index is 1160. The highest BCUT2D eigenvalue weighted by atomic mass is 35.5. The maximum atomic E-state index is 9.61. The average molecular weight is 374 g/mol. The number of fused-ring (bicyclic) bond motifs is 1. The van der Waals surface area contributed by atoms with Gasteiger partial charge < -0.3 is 0 Å². The highest BCUT2D eigenvalue weighted by Gasteiger charge is 2.11. The number of aromatic nitrogens is 2. The van der Waals surface area contributed by atoms with E-state index in [0.29, 0.717) is 21.3 Å². The third-order valence-electron chi connectivity index (χ3n) is 3.93. The van der Waals surface area contributed by atoms with Crippen LogP contribution in [0, 0.1) is 11.3 Å². The molecule has 2 aromatic carbocycles. The molecule has 0 aliphatic heterocycles. The Morgan fingerprint density at radius 3 is 2.62 bits per heavy atom. The Morgan fingerprint density at radius 1 is 1.04 bits per heavy atom. The summed E-state index contributed by atoms with van der Waals surface area (Å²) >= 11 is 7.75. The second-order valence-corrected chi connectivity index (χ2v) is 6.85. The quantitative estimate of drug-likeness (QED) is 0.323. The van der Waals surface area contributed by atoms with Gasteiger partial charge in [0.25, 0.3) is 0 Å². The van der Waals surface area contributed by atoms with Crippen molar-refractivity contribution in [3.05, 3.63) is 81.8 Å². The molecule has 5 heteroatoms. The molecule has 0 aliphatic rings. The second kappa shape index (κ2) is 7.09. The summed E-state index contributed by atoms with van der Waals surface area (Å²) in [6.07, 6.45) is 1.75. The number of nitrogens with zero attached hydrogens (tertiary/aromatic N) is 3. The van der Waals surface area contributed by atoms with Crippen LogP contribution in [-0.2, 0) is 0 Å². The first-order valence-electron chi connectivity index (χ1n) is 7.93. The Morgan fingerprint density at radius 2 is 1.81 bits per heavy atom. The van der Waals surface area contributed by atoms with Crippen LogP contribution in [0.2, 0.25) is 5.15 Å². The zero-order chi connectivity index (χ0) is 17.9. The number of nitriles is 1. The van der Waals surface area contributed by atoms with Gasteiger partial charge in [-0.1, -0.05) is 60.1 Å². The van der Waals surface area contributed by atoms with Crippen LogP contribution in [0.15, 0.2) is 66.0 Å². The second-order valence-electron chi connectivity index (χ2n) is 5.63. The molecule has 26 heavy (non-hydrogen) atoms. The van der Waals surface area contributed by atoms with Gasteiger partial charge >= 0.3 is 0 Å². The lowest BCUT2D eigenvalue weighted by atomic mass is 10.1. The summed E-state index contributed by atoms with van der Waals surface area (Å²) in [6, 6.07) is 21.8. The summed E-state index contributed by atoms with van der Waals surface area (Å²) in [5.41, 5.74) is 3.88. The fourth-order valence-electron chi connectivity index (χ4n) is 2.65. The predicted molar refractivity (Wildman–Crippen MR) is 108 cm³/mol. The van der Waals surface area contributed by atoms with E-state index in [2.05, 4.69) is 16.0 Å². The topological polar surface area (TPSA) is 49.6 Å². The van der Waals surface area contributed by atoms with Crippen LogP contribution < -0.4 is 0 Å². The molecule has 2 aromatic heterocycles. The Labute approximate surface area is 159 Å². The predicted octanol–water partition coefficient (Wildman–Crippen LogP) is 6.08. The van der Waals surface area contributed by atoms with Gasteiger partial charge in [0, 0.05) is 21.9 Å². The van der Waals surface area contributed by atoms with Crippen molar-refractivity contribution in [3.8, 4) is 17.3 Å². The van der Waals surface area contributed by atoms with Gasteiger partial charge in [-0.05, 0) is 18.2 Å². The molecule has 0 bridgehead atoms. The van der Waals surface area contributed by atoms with Crippen molar-refractivity contribution < 1.29 is 0 Å². The van der Waals surface area contributed by atoms with Crippen LogP contribution in [0.1, 0.15) is 10.6 Å². The van der Waals surface area contributed by atoms with Crippen LogP contribution in [0.3, 0.4) is 0 Å². The lowest BCUT2D eigenvalue weighted by Crippen LogP contribution is -1.87. The summed E-state index contributed by atoms with van der Waals surface area (Å²) < 4.78 is 0. The molecule has 3 nitrogen and oxygen atoms in total. The summed E-state index contributed by atoms with van der Waals surface area (Å²) in [5, 5.41) is 13.6. The van der Waals surface area contributed by atoms with Crippen molar-refractivity contribution in [1.82, 2.24) is 9.97 Å². The summed E-state index contributed by atoms with van der Waals surface area (Å²) in [7, 11) is 0. The van der Waals surface area contributed by atoms with E-state index < -0.39 is 0 Å². The van der Waals surface area contributed by atoms with Crippen LogP contribution in [0.5, 0.6) is 0 Å². The van der Waals surface area contributed by atoms with E-state index in [1.165, 1.54) is 11.3 Å². The normalized spacial score (nSPS) is 11.5. The third kappa shape index (κ3) is 3.23. The van der Waals surface area contributed by atoms with Gasteiger partial charge in [0.15, 0.2) is 0 Å². The molecular formula is C21H12ClN3S. The molecule has 4 rings (SSSR count). The summed E-state index contributed by atoms with van der Waals surface area (Å²) in [6.45, 7) is 0. The Hall–Kier alpha value is -3.00. The number of pyridine rings is 1. The lowest BCUT2D eigenvalue weighted by Gasteiger charge is -2.02. The van der Waals surface area contributed by atoms with Gasteiger partial charge in [-0.3, -0.25) is 0 Å². The molecule has 0 spiro atoms. The van der Waals surface area contributed by atoms with Crippen molar-refractivity contribution in [3.63, 3.8) is 0 Å². The zero-order valence-corrected chi connectivity index (χ0v) is 15.1. The molecule has 0 amide bonds. The van der Waals surface area contributed by atoms with Crippen molar-refractivity contribution >= 4 is 45.5 Å². The Balaban J connectivity index is 1.75. The van der Waals surface area contributed by atoms with Crippen molar-refractivity contribution in [1.29, 1.82) is 5.26 Å². The number of para-hydroxylation sites is 1. The van der Waals surface area contributed by atoms with Crippen LogP contribution in [0.25, 0.3) is 33.8 Å². The first kappa shape index (κ1) is 16.5. The average Bonchev–Trinajstić information content (AvgIpc) is 3.17. The van der Waals surface area contributed by atoms with E-state index in [1.54, 1.807) is 6.08 Å². The maximum absolute atomic E-state index is 9.61. The molecule has 0 unspecified atom stereocenters. The van der Waals surface area contributed by atoms with Gasteiger partial charge in [0.1, 0.15) is 16.2 Å². The molecule has 0 N–H and O–H groups in total. The van der Waals surface area contributed by atoms with Gasteiger partial charge in [-0.25, -0.2) is 9.97 Å². The standard InChI is InChI=1S/C21H12ClN3S/c22-20-16(10-15-8-4-5-9-18(15)24-20)11-17(12-23)21-25-19(13-26-21)14-6-2-1-3-7-14/h1-11,13H. The van der Waals surface area contributed by atoms with E-state index in [-0.39, 0.29) is 0 Å². The first-order chi connectivity index (χ1) is 12.7. The molecule has 0 radical (unpaired) electrons. The monoisotopic (exact) mass is 373 g/mol. The summed E-state index contributed by atoms with van der Waals surface area (Å²) in [4.78, 5) is 9.01. The molecule has 0 saturated heterocycles. The highest BCUT2D eigenvalue weighted by Crippen LogP contribution is 2.29. The van der Waals surface area contributed by atoms with Crippen LogP contribution in [-0.4, -0.2) is 9.97 Å². The maximum Gasteiger partial charge on any atom is 0.137 e. The van der Waals surface area contributed by atoms with Crippen molar-refractivity contribution in [2.45, 2.75) is 0 Å². The number of benzene rings is 2. The van der Waals surface area contributed by atoms with Gasteiger partial charge in [-0.15, -0.1) is 11.3 Å². The molecule has 124 valence electrons. The number of thiazole rings is 1. The Kier molecular flexibility index (Phi) is 4.49. The molecular weight excluding hydrogens is 362 g/mol. The fraction of sp³-hybridized carbons (Fsp3) is 0. The van der Waals surface area contributed by atoms with E-state index in [9.17, 15) is 5.26 Å². The lowest BCUT2D eigenvalue weighted by molar-refractivity contribution is 1.37. The molecule has 4 aromatic rings. The minimum Gasteiger partial charge on any atom is -0.235 e. The number of hydrogen-bond acceptors (Lipinski definition) is 4. The van der Waals surface area contributed by atoms with Gasteiger partial charge in [0.2, 0.25) is 0 Å². The molecule has 2 heterocycles. The third-order valence-corrected chi connectivity index (χ3v) is 5.11. The van der Waals surface area contributed by atoms with E-state index in [4.69, 9.17) is 11.6 Å². The van der Waals surface area contributed by atoms with Crippen LogP contribution >= 0.6 is 22.9 Å². The van der Waals surface area contributed by atoms with E-state index >= 15 is 0 Å². The highest BCUT2D eigenvalue weighted by molar-refractivity contribution is 7.11. The number of hydrogen-bond donors (Lipinski definition) is 0.